The molecule has 4 heterocycles. The third kappa shape index (κ3) is 5.12. The molecular formula is C23H28Br2N10O2. The van der Waals surface area contributed by atoms with Gasteiger partial charge in [-0.25, -0.2) is 9.98 Å². The predicted molar refractivity (Wildman–Crippen MR) is 146 cm³/mol. The van der Waals surface area contributed by atoms with Crippen molar-refractivity contribution >= 4 is 55.6 Å². The predicted octanol–water partition coefficient (Wildman–Crippen LogP) is 1.42. The fraction of sp³-hybridized carbons (Fsp3) is 0.391. The van der Waals surface area contributed by atoms with Crippen molar-refractivity contribution in [3.63, 3.8) is 0 Å². The molecule has 3 aromatic rings. The number of halogens is 2. The minimum Gasteiger partial charge on any atom is -0.370 e. The van der Waals surface area contributed by atoms with Gasteiger partial charge in [-0.05, 0) is 68.3 Å². The van der Waals surface area contributed by atoms with Crippen LogP contribution in [-0.2, 0) is 7.05 Å². The van der Waals surface area contributed by atoms with Crippen molar-refractivity contribution in [3.05, 3.63) is 56.8 Å². The maximum Gasteiger partial charge on any atom is 0.267 e. The molecule has 2 aliphatic rings. The second-order valence-corrected chi connectivity index (χ2v) is 11.1. The number of nitrogens with two attached hydrogens (primary N) is 2. The van der Waals surface area contributed by atoms with Crippen LogP contribution in [-0.4, -0.2) is 62.5 Å². The molecule has 0 aromatic carbocycles. The van der Waals surface area contributed by atoms with Crippen LogP contribution in [0.2, 0.25) is 0 Å². The second-order valence-electron chi connectivity index (χ2n) is 9.42. The van der Waals surface area contributed by atoms with E-state index in [4.69, 9.17) is 11.5 Å². The molecule has 2 amide bonds. The summed E-state index contributed by atoms with van der Waals surface area (Å²) in [7, 11) is 1.82. The number of H-pyrrole nitrogens is 2. The molecule has 0 saturated heterocycles. The smallest absolute Gasteiger partial charge is 0.267 e. The molecule has 1 aliphatic heterocycles. The van der Waals surface area contributed by atoms with Crippen molar-refractivity contribution < 1.29 is 9.59 Å². The Balaban J connectivity index is 1.41. The monoisotopic (exact) mass is 634 g/mol. The van der Waals surface area contributed by atoms with E-state index in [1.807, 2.05) is 13.1 Å². The highest BCUT2D eigenvalue weighted by Gasteiger charge is 2.48. The van der Waals surface area contributed by atoms with Gasteiger partial charge in [-0.2, -0.15) is 0 Å². The van der Waals surface area contributed by atoms with Gasteiger partial charge in [-0.3, -0.25) is 9.59 Å². The number of nitrogen functional groups attached to an aromatic ring is 1. The number of nitrogens with one attached hydrogen (secondary N) is 5. The number of carbonyl (C=O) groups excluding carboxylic acids is 2. The molecule has 0 radical (unpaired) electrons. The lowest BCUT2D eigenvalue weighted by molar-refractivity contribution is 0.0869. The van der Waals surface area contributed by atoms with Gasteiger partial charge < -0.3 is 42.0 Å². The molecular weight excluding hydrogens is 608 g/mol. The molecule has 14 heteroatoms. The zero-order chi connectivity index (χ0) is 26.3. The fourth-order valence-corrected chi connectivity index (χ4v) is 6.10. The van der Waals surface area contributed by atoms with E-state index in [0.717, 1.165) is 14.8 Å². The summed E-state index contributed by atoms with van der Waals surface area (Å²) in [6.45, 7) is 0.759. The number of carbonyl (C=O) groups is 2. The van der Waals surface area contributed by atoms with Gasteiger partial charge in [0.05, 0.1) is 22.9 Å². The van der Waals surface area contributed by atoms with Crippen LogP contribution in [0.15, 0.2) is 44.7 Å². The lowest BCUT2D eigenvalue weighted by Crippen LogP contribution is -2.53. The van der Waals surface area contributed by atoms with E-state index in [9.17, 15) is 9.59 Å². The number of amides is 2. The molecule has 37 heavy (non-hydrogen) atoms. The third-order valence-corrected chi connectivity index (χ3v) is 8.46. The highest BCUT2D eigenvalue weighted by Crippen LogP contribution is 2.43. The van der Waals surface area contributed by atoms with Crippen LogP contribution in [0.3, 0.4) is 0 Å². The molecule has 2 unspecified atom stereocenters. The minimum atomic E-state index is -0.222. The standard InChI is InChI=1S/C23H28Br2N10O2/c1-35-16(2-3-17(35)25)21(37)29-6-10-4-13-19(34-23(27)32-13)18(15-9-31-22(26)33-15)12(10)8-30-20(36)14-5-11(24)7-28-14/h2-3,5,7,9-10,12-13,18-19,28H,4,6,8H2,1H3,(H,29,37)(H,30,36)(H3,26,31,33)(H3,27,32,34)/t10-,12-,13?,18-,19?/m1/s1. The Morgan fingerprint density at radius 2 is 1.97 bits per heavy atom. The summed E-state index contributed by atoms with van der Waals surface area (Å²) in [5.74, 6) is 0.0153. The van der Waals surface area contributed by atoms with Crippen LogP contribution in [0, 0.1) is 11.8 Å². The van der Waals surface area contributed by atoms with E-state index in [1.54, 1.807) is 29.1 Å². The summed E-state index contributed by atoms with van der Waals surface area (Å²) in [4.78, 5) is 40.9. The first-order valence-corrected chi connectivity index (χ1v) is 13.4. The van der Waals surface area contributed by atoms with E-state index in [-0.39, 0.29) is 41.7 Å². The van der Waals surface area contributed by atoms with Crippen LogP contribution in [0.4, 0.5) is 5.95 Å². The van der Waals surface area contributed by atoms with Gasteiger partial charge in [0.25, 0.3) is 11.8 Å². The van der Waals surface area contributed by atoms with Crippen LogP contribution >= 0.6 is 31.9 Å². The normalized spacial score (nSPS) is 24.7. The maximum absolute atomic E-state index is 13.0. The Labute approximate surface area is 229 Å². The summed E-state index contributed by atoms with van der Waals surface area (Å²) in [5.41, 5.74) is 13.8. The van der Waals surface area contributed by atoms with Crippen molar-refractivity contribution in [2.24, 2.45) is 29.6 Å². The lowest BCUT2D eigenvalue weighted by Gasteiger charge is -2.43. The van der Waals surface area contributed by atoms with E-state index in [0.29, 0.717) is 42.8 Å². The summed E-state index contributed by atoms with van der Waals surface area (Å²) in [5, 5.41) is 9.43. The van der Waals surface area contributed by atoms with Crippen molar-refractivity contribution in [2.75, 3.05) is 18.8 Å². The number of aromatic amines is 2. The van der Waals surface area contributed by atoms with E-state index in [2.05, 4.69) is 67.8 Å². The van der Waals surface area contributed by atoms with Crippen LogP contribution in [0.25, 0.3) is 0 Å². The van der Waals surface area contributed by atoms with Crippen molar-refractivity contribution in [1.82, 2.24) is 35.5 Å². The molecule has 0 spiro atoms. The molecule has 196 valence electrons. The SMILES string of the molecule is Cn1c(Br)ccc1C(=O)NC[C@H]1CC2NC(N)=NC2[C@@H](c2cnc(N)[nH]2)[C@@H]1CNC(=O)c1cc(Br)c[nH]1. The van der Waals surface area contributed by atoms with Crippen molar-refractivity contribution in [1.29, 1.82) is 0 Å². The average molecular weight is 636 g/mol. The Morgan fingerprint density at radius 1 is 1.19 bits per heavy atom. The van der Waals surface area contributed by atoms with Gasteiger partial charge in [0, 0.05) is 42.4 Å². The van der Waals surface area contributed by atoms with Gasteiger partial charge in [0.15, 0.2) is 11.9 Å². The van der Waals surface area contributed by atoms with Crippen molar-refractivity contribution in [2.45, 2.75) is 24.4 Å². The van der Waals surface area contributed by atoms with E-state index >= 15 is 0 Å². The second kappa shape index (κ2) is 10.2. The summed E-state index contributed by atoms with van der Waals surface area (Å²) < 4.78 is 3.38. The molecule has 12 nitrogen and oxygen atoms in total. The van der Waals surface area contributed by atoms with Gasteiger partial charge >= 0.3 is 0 Å². The number of aliphatic imine (C=N–C) groups is 1. The molecule has 3 aromatic heterocycles. The first kappa shape index (κ1) is 25.4. The quantitative estimate of drug-likeness (QED) is 0.206. The van der Waals surface area contributed by atoms with Gasteiger partial charge in [-0.15, -0.1) is 0 Å². The highest BCUT2D eigenvalue weighted by atomic mass is 79.9. The summed E-state index contributed by atoms with van der Waals surface area (Å²) in [6, 6.07) is 5.13. The molecule has 9 N–H and O–H groups in total. The van der Waals surface area contributed by atoms with Gasteiger partial charge in [0.2, 0.25) is 0 Å². The van der Waals surface area contributed by atoms with Crippen LogP contribution in [0.1, 0.15) is 39.0 Å². The zero-order valence-electron chi connectivity index (χ0n) is 20.0. The molecule has 5 atom stereocenters. The molecule has 5 rings (SSSR count). The van der Waals surface area contributed by atoms with Crippen LogP contribution < -0.4 is 27.4 Å². The van der Waals surface area contributed by atoms with Crippen molar-refractivity contribution in [3.8, 4) is 0 Å². The van der Waals surface area contributed by atoms with Gasteiger partial charge in [0.1, 0.15) is 11.4 Å². The Kier molecular flexibility index (Phi) is 7.03. The largest absolute Gasteiger partial charge is 0.370 e. The topological polar surface area (TPSA) is 184 Å². The number of hydrogen-bond acceptors (Lipinski definition) is 7. The third-order valence-electron chi connectivity index (χ3n) is 7.21. The van der Waals surface area contributed by atoms with Crippen LogP contribution in [0.5, 0.6) is 0 Å². The summed E-state index contributed by atoms with van der Waals surface area (Å²) >= 11 is 6.80. The fourth-order valence-electron chi connectivity index (χ4n) is 5.44. The molecule has 1 aliphatic carbocycles. The number of hydrogen-bond donors (Lipinski definition) is 7. The number of rotatable bonds is 7. The molecule has 1 fully saturated rings. The highest BCUT2D eigenvalue weighted by molar-refractivity contribution is 9.10. The Bertz CT molecular complexity index is 1340. The number of guanidine groups is 1. The van der Waals surface area contributed by atoms with Gasteiger partial charge in [-0.1, -0.05) is 0 Å². The van der Waals surface area contributed by atoms with E-state index in [1.165, 1.54) is 0 Å². The minimum absolute atomic E-state index is 0.00675. The summed E-state index contributed by atoms with van der Waals surface area (Å²) in [6.07, 6.45) is 4.12. The number of nitrogens with zero attached hydrogens (tertiary/aromatic N) is 3. The molecule has 1 saturated carbocycles. The average Bonchev–Trinajstić information content (AvgIpc) is 3.64. The molecule has 0 bridgehead atoms. The first-order valence-electron chi connectivity index (χ1n) is 11.8. The number of anilines is 1. The first-order chi connectivity index (χ1) is 17.7. The number of fused-ring (bicyclic) bond motifs is 1. The Hall–Kier alpha value is -3.26. The lowest BCUT2D eigenvalue weighted by atomic mass is 9.66. The Morgan fingerprint density at radius 3 is 2.62 bits per heavy atom. The zero-order valence-corrected chi connectivity index (χ0v) is 23.1. The van der Waals surface area contributed by atoms with E-state index < -0.39 is 0 Å². The maximum atomic E-state index is 13.0. The number of aromatic nitrogens is 4. The number of imidazole rings is 1.